The summed E-state index contributed by atoms with van der Waals surface area (Å²) in [6.45, 7) is 0.202. The van der Waals surface area contributed by atoms with Crippen molar-refractivity contribution in [2.45, 2.75) is 43.4 Å². The number of methoxy groups -OCH3 is 1. The van der Waals surface area contributed by atoms with Crippen molar-refractivity contribution in [1.82, 2.24) is 4.90 Å². The number of aliphatic hydroxyl groups is 1. The lowest BCUT2D eigenvalue weighted by molar-refractivity contribution is -0.0486. The molecule has 4 heterocycles. The maximum atomic E-state index is 13.4. The Morgan fingerprint density at radius 1 is 1.06 bits per heavy atom. The molecule has 160 valence electrons. The van der Waals surface area contributed by atoms with Gasteiger partial charge in [-0.05, 0) is 54.8 Å². The molecule has 31 heavy (non-hydrogen) atoms. The van der Waals surface area contributed by atoms with E-state index in [1.165, 1.54) is 0 Å². The van der Waals surface area contributed by atoms with Crippen LogP contribution in [0.4, 0.5) is 0 Å². The molecule has 2 bridgehead atoms. The Balaban J connectivity index is 1.27. The zero-order valence-electron chi connectivity index (χ0n) is 17.2. The van der Waals surface area contributed by atoms with E-state index in [0.29, 0.717) is 35.7 Å². The zero-order chi connectivity index (χ0) is 21.2. The summed E-state index contributed by atoms with van der Waals surface area (Å²) in [5.41, 5.74) is 0.479. The molecule has 1 unspecified atom stereocenters. The van der Waals surface area contributed by atoms with Crippen LogP contribution < -0.4 is 14.2 Å². The highest BCUT2D eigenvalue weighted by molar-refractivity contribution is 5.97. The van der Waals surface area contributed by atoms with Crippen molar-refractivity contribution in [3.63, 3.8) is 0 Å². The molecule has 3 aliphatic rings. The molecule has 2 aromatic carbocycles. The second-order valence-electron chi connectivity index (χ2n) is 8.62. The number of fused-ring (bicyclic) bond motifs is 4. The second-order valence-corrected chi connectivity index (χ2v) is 8.62. The zero-order valence-corrected chi connectivity index (χ0v) is 17.2. The van der Waals surface area contributed by atoms with Gasteiger partial charge >= 0.3 is 0 Å². The average Bonchev–Trinajstić information content (AvgIpc) is 3.48. The predicted octanol–water partition coefficient (Wildman–Crippen LogP) is 3.82. The number of ether oxygens (including phenoxy) is 3. The Bertz CT molecular complexity index is 1170. The number of rotatable bonds is 3. The van der Waals surface area contributed by atoms with E-state index in [4.69, 9.17) is 18.6 Å². The first-order valence-electron chi connectivity index (χ1n) is 10.6. The van der Waals surface area contributed by atoms with Crippen LogP contribution in [-0.4, -0.2) is 41.9 Å². The maximum Gasteiger partial charge on any atom is 0.290 e. The van der Waals surface area contributed by atoms with Gasteiger partial charge in [0.1, 0.15) is 11.3 Å². The number of carbonyl (C=O) groups is 1. The van der Waals surface area contributed by atoms with Crippen molar-refractivity contribution >= 4 is 16.9 Å². The molecule has 1 N–H and O–H groups in total. The SMILES string of the molecule is COc1ccc2oc(C(=O)N3[C@@H]4CC[C@H]3CC(O)(c3ccc5c(c3)OCO5)C4)cc2c1. The van der Waals surface area contributed by atoms with Crippen molar-refractivity contribution in [3.8, 4) is 17.2 Å². The molecular weight excluding hydrogens is 398 g/mol. The fourth-order valence-corrected chi connectivity index (χ4v) is 5.36. The first kappa shape index (κ1) is 18.6. The fourth-order valence-electron chi connectivity index (χ4n) is 5.36. The average molecular weight is 421 g/mol. The second kappa shape index (κ2) is 6.65. The molecule has 7 nitrogen and oxygen atoms in total. The highest BCUT2D eigenvalue weighted by atomic mass is 16.7. The summed E-state index contributed by atoms with van der Waals surface area (Å²) >= 11 is 0. The lowest BCUT2D eigenvalue weighted by atomic mass is 9.80. The van der Waals surface area contributed by atoms with Crippen molar-refractivity contribution in [1.29, 1.82) is 0 Å². The lowest BCUT2D eigenvalue weighted by Gasteiger charge is -2.43. The molecule has 2 fully saturated rings. The minimum absolute atomic E-state index is 0.0376. The van der Waals surface area contributed by atoms with Gasteiger partial charge in [-0.25, -0.2) is 0 Å². The number of nitrogens with zero attached hydrogens (tertiary/aromatic N) is 1. The standard InChI is InChI=1S/C24H23NO6/c1-28-18-5-7-19-14(8-18)9-22(31-19)23(26)25-16-3-4-17(25)12-24(27,11-16)15-2-6-20-21(10-15)30-13-29-20/h2,5-10,16-17,27H,3-4,11-13H2,1H3/t16-,17+,24?. The first-order valence-corrected chi connectivity index (χ1v) is 10.6. The number of furan rings is 1. The topological polar surface area (TPSA) is 81.4 Å². The van der Waals surface area contributed by atoms with Crippen LogP contribution in [0.1, 0.15) is 41.8 Å². The molecule has 1 amide bonds. The van der Waals surface area contributed by atoms with Gasteiger partial charge in [-0.1, -0.05) is 6.07 Å². The third kappa shape index (κ3) is 2.87. The van der Waals surface area contributed by atoms with Crippen molar-refractivity contribution in [2.75, 3.05) is 13.9 Å². The van der Waals surface area contributed by atoms with Gasteiger partial charge in [0.15, 0.2) is 17.3 Å². The summed E-state index contributed by atoms with van der Waals surface area (Å²) in [5.74, 6) is 2.29. The molecule has 3 aromatic rings. The van der Waals surface area contributed by atoms with E-state index >= 15 is 0 Å². The summed E-state index contributed by atoms with van der Waals surface area (Å²) in [5, 5.41) is 12.4. The summed E-state index contributed by atoms with van der Waals surface area (Å²) in [4.78, 5) is 15.3. The fraction of sp³-hybridized carbons (Fsp3) is 0.375. The highest BCUT2D eigenvalue weighted by Gasteiger charge is 2.50. The third-order valence-electron chi connectivity index (χ3n) is 6.85. The number of piperidine rings is 1. The molecule has 6 rings (SSSR count). The number of hydrogen-bond donors (Lipinski definition) is 1. The van der Waals surface area contributed by atoms with Crippen LogP contribution in [0.15, 0.2) is 46.9 Å². The minimum atomic E-state index is -0.995. The Morgan fingerprint density at radius 2 is 1.84 bits per heavy atom. The molecule has 0 radical (unpaired) electrons. The van der Waals surface area contributed by atoms with Crippen molar-refractivity contribution in [3.05, 3.63) is 53.8 Å². The van der Waals surface area contributed by atoms with Crippen molar-refractivity contribution in [2.24, 2.45) is 0 Å². The van der Waals surface area contributed by atoms with E-state index in [0.717, 1.165) is 29.5 Å². The highest BCUT2D eigenvalue weighted by Crippen LogP contribution is 2.48. The van der Waals surface area contributed by atoms with Gasteiger partial charge in [-0.2, -0.15) is 0 Å². The number of amides is 1. The molecule has 0 aliphatic carbocycles. The largest absolute Gasteiger partial charge is 0.497 e. The number of carbonyl (C=O) groups excluding carboxylic acids is 1. The van der Waals surface area contributed by atoms with E-state index < -0.39 is 5.60 Å². The minimum Gasteiger partial charge on any atom is -0.497 e. The van der Waals surface area contributed by atoms with Crippen LogP contribution in [0.5, 0.6) is 17.2 Å². The van der Waals surface area contributed by atoms with Gasteiger partial charge in [0, 0.05) is 30.3 Å². The molecule has 0 saturated carbocycles. The summed E-state index contributed by atoms with van der Waals surface area (Å²) in [6, 6.07) is 12.8. The Kier molecular flexibility index (Phi) is 3.99. The monoisotopic (exact) mass is 421 g/mol. The van der Waals surface area contributed by atoms with E-state index in [-0.39, 0.29) is 24.8 Å². The van der Waals surface area contributed by atoms with E-state index in [2.05, 4.69) is 0 Å². The smallest absolute Gasteiger partial charge is 0.290 e. The van der Waals surface area contributed by atoms with Gasteiger partial charge in [0.05, 0.1) is 12.7 Å². The van der Waals surface area contributed by atoms with Gasteiger partial charge in [-0.3, -0.25) is 4.79 Å². The Hall–Kier alpha value is -3.19. The molecule has 3 atom stereocenters. The third-order valence-corrected chi connectivity index (χ3v) is 6.85. The van der Waals surface area contributed by atoms with Gasteiger partial charge < -0.3 is 28.6 Å². The van der Waals surface area contributed by atoms with Crippen LogP contribution in [0.25, 0.3) is 11.0 Å². The summed E-state index contributed by atoms with van der Waals surface area (Å²) in [6.07, 6.45) is 2.72. The van der Waals surface area contributed by atoms with Gasteiger partial charge in [0.25, 0.3) is 5.91 Å². The molecule has 1 aromatic heterocycles. The normalized spacial score (nSPS) is 26.5. The Morgan fingerprint density at radius 3 is 2.61 bits per heavy atom. The lowest BCUT2D eigenvalue weighted by Crippen LogP contribution is -2.51. The number of hydrogen-bond acceptors (Lipinski definition) is 6. The quantitative estimate of drug-likeness (QED) is 0.692. The van der Waals surface area contributed by atoms with E-state index in [1.807, 2.05) is 41.3 Å². The predicted molar refractivity (Wildman–Crippen MR) is 111 cm³/mol. The van der Waals surface area contributed by atoms with Crippen LogP contribution in [0.2, 0.25) is 0 Å². The van der Waals surface area contributed by atoms with Gasteiger partial charge in [-0.15, -0.1) is 0 Å². The van der Waals surface area contributed by atoms with E-state index in [9.17, 15) is 9.90 Å². The Labute approximate surface area is 179 Å². The van der Waals surface area contributed by atoms with E-state index in [1.54, 1.807) is 13.2 Å². The molecule has 2 saturated heterocycles. The van der Waals surface area contributed by atoms with Crippen molar-refractivity contribution < 1.29 is 28.5 Å². The number of benzene rings is 2. The summed E-state index contributed by atoms with van der Waals surface area (Å²) < 4.78 is 22.0. The van der Waals surface area contributed by atoms with Crippen LogP contribution >= 0.6 is 0 Å². The molecule has 7 heteroatoms. The van der Waals surface area contributed by atoms with Gasteiger partial charge in [0.2, 0.25) is 6.79 Å². The molecular formula is C24H23NO6. The van der Waals surface area contributed by atoms with Crippen LogP contribution in [-0.2, 0) is 5.60 Å². The first-order chi connectivity index (χ1) is 15.0. The molecule has 0 spiro atoms. The maximum absolute atomic E-state index is 13.4. The van der Waals surface area contributed by atoms with Crippen LogP contribution in [0.3, 0.4) is 0 Å². The summed E-state index contributed by atoms with van der Waals surface area (Å²) in [7, 11) is 1.61. The molecule has 3 aliphatic heterocycles. The van der Waals surface area contributed by atoms with Crippen LogP contribution in [0, 0.1) is 0 Å².